The largest absolute Gasteiger partial charge is 0.469 e. The Hall–Kier alpha value is -1.82. The number of hydrogen-bond donors (Lipinski definition) is 1. The Morgan fingerprint density at radius 3 is 2.95 bits per heavy atom. The van der Waals surface area contributed by atoms with Gasteiger partial charge in [-0.05, 0) is 32.3 Å². The summed E-state index contributed by atoms with van der Waals surface area (Å²) in [7, 11) is 1.70. The van der Waals surface area contributed by atoms with Crippen LogP contribution in [0, 0.1) is 6.92 Å². The molecule has 1 aliphatic heterocycles. The van der Waals surface area contributed by atoms with Crippen molar-refractivity contribution >= 4 is 11.8 Å². The van der Waals surface area contributed by atoms with Crippen LogP contribution < -0.4 is 0 Å². The first-order valence-electron chi connectivity index (χ1n) is 7.23. The number of amides is 2. The van der Waals surface area contributed by atoms with Gasteiger partial charge in [-0.25, -0.2) is 0 Å². The van der Waals surface area contributed by atoms with Crippen molar-refractivity contribution in [3.8, 4) is 0 Å². The Morgan fingerprint density at radius 2 is 2.29 bits per heavy atom. The van der Waals surface area contributed by atoms with Gasteiger partial charge in [0.15, 0.2) is 0 Å². The molecule has 1 aromatic rings. The lowest BCUT2D eigenvalue weighted by molar-refractivity contribution is -0.145. The molecule has 21 heavy (non-hydrogen) atoms. The second-order valence-electron chi connectivity index (χ2n) is 5.52. The number of nitrogens with zero attached hydrogens (tertiary/aromatic N) is 2. The van der Waals surface area contributed by atoms with Crippen LogP contribution in [0.1, 0.15) is 30.6 Å². The zero-order valence-electron chi connectivity index (χ0n) is 12.5. The number of likely N-dealkylation sites (N-methyl/N-ethyl adjacent to an activating group) is 1. The van der Waals surface area contributed by atoms with E-state index in [2.05, 4.69) is 0 Å². The molecule has 2 amide bonds. The molecule has 6 heteroatoms. The second-order valence-corrected chi connectivity index (χ2v) is 5.52. The first-order chi connectivity index (χ1) is 9.99. The fourth-order valence-corrected chi connectivity index (χ4v) is 2.44. The van der Waals surface area contributed by atoms with Crippen molar-refractivity contribution in [1.82, 2.24) is 9.80 Å². The van der Waals surface area contributed by atoms with Crippen molar-refractivity contribution in [2.75, 3.05) is 20.1 Å². The lowest BCUT2D eigenvalue weighted by atomic mass is 10.2. The van der Waals surface area contributed by atoms with Crippen molar-refractivity contribution in [3.05, 3.63) is 23.7 Å². The third-order valence-corrected chi connectivity index (χ3v) is 3.88. The number of hydrogen-bond acceptors (Lipinski definition) is 4. The summed E-state index contributed by atoms with van der Waals surface area (Å²) in [5.41, 5.74) is 0.952. The molecule has 2 rings (SSSR count). The van der Waals surface area contributed by atoms with Gasteiger partial charge in [0.2, 0.25) is 5.91 Å². The first kappa shape index (κ1) is 15.6. The van der Waals surface area contributed by atoms with Crippen LogP contribution in [-0.2, 0) is 16.1 Å². The average molecular weight is 294 g/mol. The van der Waals surface area contributed by atoms with Gasteiger partial charge in [0.25, 0.3) is 5.91 Å². The summed E-state index contributed by atoms with van der Waals surface area (Å²) in [6.45, 7) is 2.84. The summed E-state index contributed by atoms with van der Waals surface area (Å²) < 4.78 is 5.21. The number of aliphatic hydroxyl groups is 1. The summed E-state index contributed by atoms with van der Waals surface area (Å²) in [4.78, 5) is 27.2. The van der Waals surface area contributed by atoms with Crippen LogP contribution in [0.4, 0.5) is 0 Å². The Morgan fingerprint density at radius 1 is 1.52 bits per heavy atom. The Bertz CT molecular complexity index is 512. The second kappa shape index (κ2) is 6.76. The van der Waals surface area contributed by atoms with E-state index in [1.807, 2.05) is 13.0 Å². The number of aliphatic hydroxyl groups excluding tert-OH is 1. The monoisotopic (exact) mass is 294 g/mol. The molecule has 0 bridgehead atoms. The molecule has 6 nitrogen and oxygen atoms in total. The minimum Gasteiger partial charge on any atom is -0.469 e. The van der Waals surface area contributed by atoms with Crippen molar-refractivity contribution in [1.29, 1.82) is 0 Å². The molecule has 0 spiro atoms. The van der Waals surface area contributed by atoms with Crippen LogP contribution in [0.3, 0.4) is 0 Å². The first-order valence-corrected chi connectivity index (χ1v) is 7.23. The van der Waals surface area contributed by atoms with Crippen LogP contribution in [-0.4, -0.2) is 53.0 Å². The van der Waals surface area contributed by atoms with E-state index in [1.165, 1.54) is 4.90 Å². The lowest BCUT2D eigenvalue weighted by Crippen LogP contribution is -2.44. The zero-order valence-corrected chi connectivity index (χ0v) is 12.5. The quantitative estimate of drug-likeness (QED) is 0.896. The number of rotatable bonds is 4. The van der Waals surface area contributed by atoms with Crippen molar-refractivity contribution in [3.63, 3.8) is 0 Å². The molecule has 0 radical (unpaired) electrons. The van der Waals surface area contributed by atoms with E-state index >= 15 is 0 Å². The minimum absolute atomic E-state index is 0.0172. The van der Waals surface area contributed by atoms with Crippen LogP contribution >= 0.6 is 0 Å². The fourth-order valence-electron chi connectivity index (χ4n) is 2.44. The molecule has 1 N–H and O–H groups in total. The molecule has 1 fully saturated rings. The van der Waals surface area contributed by atoms with E-state index in [0.29, 0.717) is 19.5 Å². The maximum atomic E-state index is 12.2. The van der Waals surface area contributed by atoms with Crippen LogP contribution in [0.25, 0.3) is 0 Å². The van der Waals surface area contributed by atoms with Crippen LogP contribution in [0.2, 0.25) is 0 Å². The topological polar surface area (TPSA) is 74.0 Å². The Balaban J connectivity index is 1.93. The third-order valence-electron chi connectivity index (χ3n) is 3.88. The SMILES string of the molecule is Cc1occc1CN(C)C(=O)CN1CCCCC(O)C1=O. The number of likely N-dealkylation sites (tertiary alicyclic amines) is 1. The molecule has 2 heterocycles. The van der Waals surface area contributed by atoms with Gasteiger partial charge in [-0.1, -0.05) is 0 Å². The molecule has 116 valence electrons. The highest BCUT2D eigenvalue weighted by Gasteiger charge is 2.27. The van der Waals surface area contributed by atoms with Gasteiger partial charge < -0.3 is 19.3 Å². The minimum atomic E-state index is -0.971. The molecule has 0 aliphatic carbocycles. The summed E-state index contributed by atoms with van der Waals surface area (Å²) in [6, 6.07) is 1.83. The summed E-state index contributed by atoms with van der Waals surface area (Å²) in [5, 5.41) is 9.69. The highest BCUT2D eigenvalue weighted by molar-refractivity contribution is 5.87. The van der Waals surface area contributed by atoms with Crippen LogP contribution in [0.5, 0.6) is 0 Å². The van der Waals surface area contributed by atoms with Crippen molar-refractivity contribution in [2.45, 2.75) is 38.8 Å². The van der Waals surface area contributed by atoms with Crippen LogP contribution in [0.15, 0.2) is 16.7 Å². The highest BCUT2D eigenvalue weighted by atomic mass is 16.3. The highest BCUT2D eigenvalue weighted by Crippen LogP contribution is 2.14. The number of carbonyl (C=O) groups is 2. The van der Waals surface area contributed by atoms with Gasteiger partial charge in [0, 0.05) is 25.7 Å². The average Bonchev–Trinajstić information content (AvgIpc) is 2.78. The lowest BCUT2D eigenvalue weighted by Gasteiger charge is -2.25. The molecule has 1 saturated heterocycles. The van der Waals surface area contributed by atoms with E-state index in [1.54, 1.807) is 18.2 Å². The predicted molar refractivity (Wildman–Crippen MR) is 76.4 cm³/mol. The summed E-state index contributed by atoms with van der Waals surface area (Å²) >= 11 is 0. The fraction of sp³-hybridized carbons (Fsp3) is 0.600. The molecule has 1 aliphatic rings. The van der Waals surface area contributed by atoms with E-state index in [-0.39, 0.29) is 18.4 Å². The van der Waals surface area contributed by atoms with Crippen molar-refractivity contribution < 1.29 is 19.1 Å². The third kappa shape index (κ3) is 3.85. The van der Waals surface area contributed by atoms with Gasteiger partial charge in [-0.2, -0.15) is 0 Å². The van der Waals surface area contributed by atoms with Gasteiger partial charge in [-0.3, -0.25) is 9.59 Å². The molecule has 1 atom stereocenters. The van der Waals surface area contributed by atoms with Crippen molar-refractivity contribution in [2.24, 2.45) is 0 Å². The predicted octanol–water partition coefficient (Wildman–Crippen LogP) is 0.920. The van der Waals surface area contributed by atoms with E-state index < -0.39 is 6.10 Å². The van der Waals surface area contributed by atoms with Gasteiger partial charge >= 0.3 is 0 Å². The Labute approximate surface area is 124 Å². The van der Waals surface area contributed by atoms with Gasteiger partial charge in [-0.15, -0.1) is 0 Å². The smallest absolute Gasteiger partial charge is 0.251 e. The molecule has 0 saturated carbocycles. The molecule has 1 aromatic heterocycles. The number of aryl methyl sites for hydroxylation is 1. The normalized spacial score (nSPS) is 19.5. The maximum absolute atomic E-state index is 12.2. The van der Waals surface area contributed by atoms with E-state index in [0.717, 1.165) is 24.2 Å². The Kier molecular flexibility index (Phi) is 5.01. The van der Waals surface area contributed by atoms with Gasteiger partial charge in [0.1, 0.15) is 11.9 Å². The molecular weight excluding hydrogens is 272 g/mol. The zero-order chi connectivity index (χ0) is 15.4. The molecule has 1 unspecified atom stereocenters. The van der Waals surface area contributed by atoms with E-state index in [4.69, 9.17) is 4.42 Å². The summed E-state index contributed by atoms with van der Waals surface area (Å²) in [5.74, 6) is 0.308. The number of furan rings is 1. The maximum Gasteiger partial charge on any atom is 0.251 e. The summed E-state index contributed by atoms with van der Waals surface area (Å²) in [6.07, 6.45) is 2.73. The van der Waals surface area contributed by atoms with Gasteiger partial charge in [0.05, 0.1) is 12.8 Å². The molecule has 0 aromatic carbocycles. The molecular formula is C15H22N2O4. The number of carbonyl (C=O) groups excluding carboxylic acids is 2. The van der Waals surface area contributed by atoms with E-state index in [9.17, 15) is 14.7 Å². The standard InChI is InChI=1S/C15H22N2O4/c1-11-12(6-8-21-11)9-16(2)14(19)10-17-7-4-3-5-13(18)15(17)20/h6,8,13,18H,3-5,7,9-10H2,1-2H3.